The Kier molecular flexibility index (Phi) is 6.80. The number of nitrogens with one attached hydrogen (secondary N) is 1. The van der Waals surface area contributed by atoms with Crippen molar-refractivity contribution < 1.29 is 14.0 Å². The van der Waals surface area contributed by atoms with Gasteiger partial charge in [0.05, 0.1) is 10.2 Å². The van der Waals surface area contributed by atoms with Gasteiger partial charge < -0.3 is 4.42 Å². The van der Waals surface area contributed by atoms with Gasteiger partial charge in [-0.2, -0.15) is 0 Å². The number of aromatic nitrogens is 1. The number of para-hydroxylation sites is 1. The highest BCUT2D eigenvalue weighted by molar-refractivity contribution is 7.95. The highest BCUT2D eigenvalue weighted by Crippen LogP contribution is 2.43. The molecule has 2 heterocycles. The molecule has 0 unspecified atom stereocenters. The average Bonchev–Trinajstić information content (AvgIpc) is 3.65. The topological polar surface area (TPSA) is 72.2 Å². The predicted octanol–water partition coefficient (Wildman–Crippen LogP) is 6.12. The van der Waals surface area contributed by atoms with Gasteiger partial charge in [0, 0.05) is 0 Å². The van der Waals surface area contributed by atoms with Crippen LogP contribution in [0.1, 0.15) is 21.1 Å². The van der Waals surface area contributed by atoms with E-state index >= 15 is 0 Å². The van der Waals surface area contributed by atoms with Crippen LogP contribution in [0.15, 0.2) is 132 Å². The summed E-state index contributed by atoms with van der Waals surface area (Å²) in [5, 5.41) is 6.41. The van der Waals surface area contributed by atoms with Crippen LogP contribution in [0.3, 0.4) is 0 Å². The fraction of sp³-hybridized carbons (Fsp3) is 0. The number of carbonyl (C=O) groups excluding carboxylic acids is 2. The highest BCUT2D eigenvalue weighted by Gasteiger charge is 2.27. The van der Waals surface area contributed by atoms with E-state index in [1.54, 1.807) is 11.9 Å². The Labute approximate surface area is 229 Å². The molecule has 6 rings (SSSR count). The van der Waals surface area contributed by atoms with Crippen LogP contribution in [0.25, 0.3) is 10.2 Å². The maximum absolute atomic E-state index is 13.8. The zero-order valence-corrected chi connectivity index (χ0v) is 22.4. The smallest absolute Gasteiger partial charge is 0.293 e. The summed E-state index contributed by atoms with van der Waals surface area (Å²) in [7, 11) is 0. The first kappa shape index (κ1) is 24.8. The van der Waals surface area contributed by atoms with Gasteiger partial charge in [-0.05, 0) is 52.9 Å². The lowest BCUT2D eigenvalue weighted by molar-refractivity contribution is 0.0988. The molecule has 39 heavy (non-hydrogen) atoms. The van der Waals surface area contributed by atoms with Gasteiger partial charge >= 0.3 is 0 Å². The summed E-state index contributed by atoms with van der Waals surface area (Å²) in [6.07, 6.45) is 0. The quantitative estimate of drug-likeness (QED) is 0.193. The van der Waals surface area contributed by atoms with Crippen molar-refractivity contribution in [2.45, 2.75) is 0 Å². The summed E-state index contributed by atoms with van der Waals surface area (Å²) in [4.78, 5) is 31.2. The minimum Gasteiger partial charge on any atom is -0.447 e. The molecule has 2 aromatic heterocycles. The fourth-order valence-electron chi connectivity index (χ4n) is 4.58. The van der Waals surface area contributed by atoms with Crippen molar-refractivity contribution in [1.82, 2.24) is 4.98 Å². The SMILES string of the molecule is O=C(C=P(c1ccccc1)(c1ccccc1)c1ccccc1)c1ccc(C(=O)Nc2nc3ccccc3s2)o1. The molecule has 1 amide bonds. The van der Waals surface area contributed by atoms with Crippen molar-refractivity contribution in [1.29, 1.82) is 0 Å². The number of hydrogen-bond acceptors (Lipinski definition) is 5. The van der Waals surface area contributed by atoms with Gasteiger partial charge in [0.2, 0.25) is 5.78 Å². The van der Waals surface area contributed by atoms with Gasteiger partial charge in [0.25, 0.3) is 5.91 Å². The van der Waals surface area contributed by atoms with Crippen LogP contribution in [-0.4, -0.2) is 22.5 Å². The van der Waals surface area contributed by atoms with Gasteiger partial charge in [-0.15, -0.1) is 0 Å². The molecular formula is C32H23N2O3PS. The number of fused-ring (bicyclic) bond motifs is 1. The fourth-order valence-corrected chi connectivity index (χ4v) is 9.19. The van der Waals surface area contributed by atoms with E-state index in [9.17, 15) is 9.59 Å². The molecule has 0 bridgehead atoms. The van der Waals surface area contributed by atoms with Crippen molar-refractivity contribution in [2.75, 3.05) is 5.32 Å². The van der Waals surface area contributed by atoms with Crippen molar-refractivity contribution in [3.63, 3.8) is 0 Å². The van der Waals surface area contributed by atoms with Crippen LogP contribution in [0.4, 0.5) is 5.13 Å². The number of hydrogen-bond donors (Lipinski definition) is 1. The summed E-state index contributed by atoms with van der Waals surface area (Å²) in [6, 6.07) is 41.0. The number of Topliss-reactive ketones (excluding diaryl/α,β-unsaturated/α-hetero) is 1. The summed E-state index contributed by atoms with van der Waals surface area (Å²) < 4.78 is 6.78. The van der Waals surface area contributed by atoms with Crippen LogP contribution < -0.4 is 21.2 Å². The van der Waals surface area contributed by atoms with Crippen molar-refractivity contribution in [2.24, 2.45) is 0 Å². The molecule has 4 aromatic carbocycles. The van der Waals surface area contributed by atoms with Gasteiger partial charge in [-0.1, -0.05) is 114 Å². The van der Waals surface area contributed by atoms with E-state index in [0.29, 0.717) is 5.13 Å². The van der Waals surface area contributed by atoms with E-state index in [2.05, 4.69) is 46.7 Å². The van der Waals surface area contributed by atoms with E-state index in [4.69, 9.17) is 4.42 Å². The molecule has 0 saturated carbocycles. The molecule has 0 aliphatic heterocycles. The second-order valence-electron chi connectivity index (χ2n) is 8.83. The Hall–Kier alpha value is -4.51. The largest absolute Gasteiger partial charge is 0.447 e. The second-order valence-corrected chi connectivity index (χ2v) is 13.1. The summed E-state index contributed by atoms with van der Waals surface area (Å²) in [6.45, 7) is -2.50. The van der Waals surface area contributed by atoms with Gasteiger partial charge in [-0.3, -0.25) is 14.9 Å². The van der Waals surface area contributed by atoms with Crippen molar-refractivity contribution >= 4 is 67.0 Å². The lowest BCUT2D eigenvalue weighted by Crippen LogP contribution is -2.28. The van der Waals surface area contributed by atoms with E-state index in [0.717, 1.165) is 26.1 Å². The van der Waals surface area contributed by atoms with Crippen molar-refractivity contribution in [3.05, 3.63) is 139 Å². The standard InChI is InChI=1S/C32H23N2O3PS/c35-27(28-20-21-29(37-28)31(36)34-32-33-26-18-10-11-19-30(26)39-32)22-38(23-12-4-1-5-13-23,24-14-6-2-7-15-24)25-16-8-3-9-17-25/h1-22H,(H,33,34,36). The van der Waals surface area contributed by atoms with Crippen LogP contribution in [-0.2, 0) is 0 Å². The number of amides is 1. The minimum absolute atomic E-state index is 0.0501. The Balaban J connectivity index is 1.40. The molecule has 5 nitrogen and oxygen atoms in total. The predicted molar refractivity (Wildman–Crippen MR) is 162 cm³/mol. The number of rotatable bonds is 7. The third kappa shape index (κ3) is 4.88. The second kappa shape index (κ2) is 10.7. The minimum atomic E-state index is -2.50. The molecule has 1 N–H and O–H groups in total. The number of furan rings is 1. The van der Waals surface area contributed by atoms with E-state index in [1.807, 2.05) is 78.9 Å². The van der Waals surface area contributed by atoms with Crippen molar-refractivity contribution in [3.8, 4) is 0 Å². The van der Waals surface area contributed by atoms with Crippen LogP contribution >= 0.6 is 18.2 Å². The van der Waals surface area contributed by atoms with Crippen LogP contribution in [0.2, 0.25) is 0 Å². The molecule has 6 aromatic rings. The van der Waals surface area contributed by atoms with Gasteiger partial charge in [0.15, 0.2) is 16.7 Å². The first-order chi connectivity index (χ1) is 19.1. The Morgan fingerprint density at radius 1 is 0.667 bits per heavy atom. The molecule has 190 valence electrons. The maximum atomic E-state index is 13.8. The lowest BCUT2D eigenvalue weighted by atomic mass is 10.3. The molecule has 0 atom stereocenters. The van der Waals surface area contributed by atoms with E-state index < -0.39 is 12.8 Å². The first-order valence-electron chi connectivity index (χ1n) is 12.4. The number of ketones is 1. The number of carbonyl (C=O) groups is 2. The average molecular weight is 547 g/mol. The third-order valence-electron chi connectivity index (χ3n) is 6.39. The number of anilines is 1. The Bertz CT molecular complexity index is 1690. The van der Waals surface area contributed by atoms with Crippen LogP contribution in [0, 0.1) is 0 Å². The van der Waals surface area contributed by atoms with Crippen LogP contribution in [0.5, 0.6) is 0 Å². The molecule has 0 aliphatic rings. The number of thiazole rings is 1. The molecule has 0 saturated heterocycles. The van der Waals surface area contributed by atoms with E-state index in [1.165, 1.54) is 17.4 Å². The molecule has 0 spiro atoms. The maximum Gasteiger partial charge on any atom is 0.293 e. The molecule has 0 radical (unpaired) electrons. The summed E-state index contributed by atoms with van der Waals surface area (Å²) in [5.74, 6) is 1.22. The molecule has 7 heteroatoms. The lowest BCUT2D eigenvalue weighted by Gasteiger charge is -2.28. The van der Waals surface area contributed by atoms with Gasteiger partial charge in [-0.25, -0.2) is 4.98 Å². The molecule has 0 aliphatic carbocycles. The van der Waals surface area contributed by atoms with Gasteiger partial charge in [0.1, 0.15) is 0 Å². The molecule has 0 fully saturated rings. The van der Waals surface area contributed by atoms with E-state index in [-0.39, 0.29) is 17.3 Å². The monoisotopic (exact) mass is 546 g/mol. The molecular weight excluding hydrogens is 523 g/mol. The first-order valence-corrected chi connectivity index (χ1v) is 15.0. The zero-order valence-electron chi connectivity index (χ0n) is 20.7. The Morgan fingerprint density at radius 3 is 1.74 bits per heavy atom. The number of benzene rings is 4. The normalized spacial score (nSPS) is 11.3. The zero-order chi connectivity index (χ0) is 26.7. The summed E-state index contributed by atoms with van der Waals surface area (Å²) in [5.41, 5.74) is 0.811. The number of nitrogens with zero attached hydrogens (tertiary/aromatic N) is 1. The highest BCUT2D eigenvalue weighted by atomic mass is 32.1. The summed E-state index contributed by atoms with van der Waals surface area (Å²) >= 11 is 1.38. The third-order valence-corrected chi connectivity index (χ3v) is 11.3. The Morgan fingerprint density at radius 2 is 1.18 bits per heavy atom.